The second-order valence-corrected chi connectivity index (χ2v) is 3.07. The van der Waals surface area contributed by atoms with Gasteiger partial charge in [0, 0.05) is 0 Å². The van der Waals surface area contributed by atoms with Crippen molar-refractivity contribution < 1.29 is 4.74 Å². The topological polar surface area (TPSA) is 9.23 Å². The maximum absolute atomic E-state index is 5.47. The molecule has 0 N–H and O–H groups in total. The van der Waals surface area contributed by atoms with Crippen LogP contribution in [0.4, 0.5) is 0 Å². The van der Waals surface area contributed by atoms with E-state index in [2.05, 4.69) is 19.9 Å². The SMILES string of the molecule is CCOC1=C(C)CCC(C)=C1. The van der Waals surface area contributed by atoms with Crippen LogP contribution in [0, 0.1) is 0 Å². The van der Waals surface area contributed by atoms with E-state index in [4.69, 9.17) is 4.74 Å². The molecule has 1 nitrogen and oxygen atoms in total. The van der Waals surface area contributed by atoms with Crippen LogP contribution in [0.2, 0.25) is 0 Å². The quantitative estimate of drug-likeness (QED) is 0.591. The summed E-state index contributed by atoms with van der Waals surface area (Å²) in [6.07, 6.45) is 4.52. The molecule has 62 valence electrons. The summed E-state index contributed by atoms with van der Waals surface area (Å²) in [5, 5.41) is 0. The number of ether oxygens (including phenoxy) is 1. The van der Waals surface area contributed by atoms with Crippen molar-refractivity contribution in [2.45, 2.75) is 33.6 Å². The van der Waals surface area contributed by atoms with Gasteiger partial charge < -0.3 is 4.74 Å². The number of hydrogen-bond donors (Lipinski definition) is 0. The lowest BCUT2D eigenvalue weighted by Gasteiger charge is -2.15. The minimum atomic E-state index is 0.774. The first-order valence-electron chi connectivity index (χ1n) is 4.23. The molecular weight excluding hydrogens is 136 g/mol. The Bertz CT molecular complexity index is 199. The van der Waals surface area contributed by atoms with E-state index in [0.717, 1.165) is 18.8 Å². The van der Waals surface area contributed by atoms with Crippen molar-refractivity contribution in [3.63, 3.8) is 0 Å². The Morgan fingerprint density at radius 2 is 2.09 bits per heavy atom. The van der Waals surface area contributed by atoms with E-state index in [0.29, 0.717) is 0 Å². The highest BCUT2D eigenvalue weighted by molar-refractivity contribution is 5.27. The van der Waals surface area contributed by atoms with Gasteiger partial charge in [-0.3, -0.25) is 0 Å². The predicted molar refractivity (Wildman–Crippen MR) is 47.3 cm³/mol. The van der Waals surface area contributed by atoms with E-state index in [1.54, 1.807) is 0 Å². The van der Waals surface area contributed by atoms with Gasteiger partial charge in [0.05, 0.1) is 6.61 Å². The van der Waals surface area contributed by atoms with Gasteiger partial charge in [-0.15, -0.1) is 0 Å². The largest absolute Gasteiger partial charge is 0.494 e. The van der Waals surface area contributed by atoms with Crippen LogP contribution in [-0.4, -0.2) is 6.61 Å². The molecule has 0 aromatic carbocycles. The van der Waals surface area contributed by atoms with Crippen LogP contribution in [-0.2, 0) is 4.74 Å². The van der Waals surface area contributed by atoms with Crippen molar-refractivity contribution in [3.05, 3.63) is 23.0 Å². The molecule has 0 spiro atoms. The van der Waals surface area contributed by atoms with Gasteiger partial charge >= 0.3 is 0 Å². The third-order valence-corrected chi connectivity index (χ3v) is 1.99. The van der Waals surface area contributed by atoms with Gasteiger partial charge in [-0.05, 0) is 45.3 Å². The van der Waals surface area contributed by atoms with E-state index in [-0.39, 0.29) is 0 Å². The van der Waals surface area contributed by atoms with Crippen LogP contribution in [0.3, 0.4) is 0 Å². The standard InChI is InChI=1S/C10H16O/c1-4-11-10-7-8(2)5-6-9(10)3/h7H,4-6H2,1-3H3. The first-order chi connectivity index (χ1) is 5.24. The fourth-order valence-corrected chi connectivity index (χ4v) is 1.25. The van der Waals surface area contributed by atoms with Gasteiger partial charge in [0.25, 0.3) is 0 Å². The zero-order valence-corrected chi connectivity index (χ0v) is 7.61. The fraction of sp³-hybridized carbons (Fsp3) is 0.600. The van der Waals surface area contributed by atoms with Crippen LogP contribution < -0.4 is 0 Å². The molecule has 0 heterocycles. The summed E-state index contributed by atoms with van der Waals surface area (Å²) in [4.78, 5) is 0. The van der Waals surface area contributed by atoms with Crippen molar-refractivity contribution in [1.29, 1.82) is 0 Å². The maximum atomic E-state index is 5.47. The molecule has 0 bridgehead atoms. The summed E-state index contributed by atoms with van der Waals surface area (Å²) < 4.78 is 5.47. The highest BCUT2D eigenvalue weighted by Crippen LogP contribution is 2.23. The molecule has 1 aliphatic rings. The molecule has 0 amide bonds. The molecule has 1 rings (SSSR count). The Morgan fingerprint density at radius 3 is 2.73 bits per heavy atom. The summed E-state index contributed by atoms with van der Waals surface area (Å²) in [6, 6.07) is 0. The summed E-state index contributed by atoms with van der Waals surface area (Å²) in [6.45, 7) is 7.11. The first-order valence-corrected chi connectivity index (χ1v) is 4.23. The number of allylic oxidation sites excluding steroid dienone is 3. The van der Waals surface area contributed by atoms with Crippen LogP contribution in [0.15, 0.2) is 23.0 Å². The highest BCUT2D eigenvalue weighted by Gasteiger charge is 2.07. The van der Waals surface area contributed by atoms with E-state index in [9.17, 15) is 0 Å². The lowest BCUT2D eigenvalue weighted by molar-refractivity contribution is 0.236. The molecule has 0 fully saturated rings. The zero-order valence-electron chi connectivity index (χ0n) is 7.61. The van der Waals surface area contributed by atoms with Gasteiger partial charge in [-0.1, -0.05) is 5.57 Å². The Labute approximate surface area is 68.8 Å². The molecule has 0 aromatic rings. The Kier molecular flexibility index (Phi) is 2.75. The minimum Gasteiger partial charge on any atom is -0.494 e. The van der Waals surface area contributed by atoms with Crippen LogP contribution in [0.5, 0.6) is 0 Å². The second-order valence-electron chi connectivity index (χ2n) is 3.07. The summed E-state index contributed by atoms with van der Waals surface area (Å²) in [7, 11) is 0. The van der Waals surface area contributed by atoms with Crippen molar-refractivity contribution in [2.24, 2.45) is 0 Å². The summed E-state index contributed by atoms with van der Waals surface area (Å²) in [5.41, 5.74) is 2.82. The maximum Gasteiger partial charge on any atom is 0.118 e. The van der Waals surface area contributed by atoms with Gasteiger partial charge in [-0.25, -0.2) is 0 Å². The summed E-state index contributed by atoms with van der Waals surface area (Å²) in [5.74, 6) is 1.09. The Balaban J connectivity index is 2.71. The third-order valence-electron chi connectivity index (χ3n) is 1.99. The Hall–Kier alpha value is -0.720. The van der Waals surface area contributed by atoms with Crippen molar-refractivity contribution in [3.8, 4) is 0 Å². The molecule has 0 saturated heterocycles. The molecule has 0 unspecified atom stereocenters. The molecule has 0 aliphatic heterocycles. The molecular formula is C10H16O. The van der Waals surface area contributed by atoms with Gasteiger partial charge in [0.15, 0.2) is 0 Å². The monoisotopic (exact) mass is 152 g/mol. The van der Waals surface area contributed by atoms with E-state index >= 15 is 0 Å². The normalized spacial score (nSPS) is 18.3. The predicted octanol–water partition coefficient (Wildman–Crippen LogP) is 3.04. The molecule has 0 radical (unpaired) electrons. The van der Waals surface area contributed by atoms with Gasteiger partial charge in [0.1, 0.15) is 5.76 Å². The van der Waals surface area contributed by atoms with Crippen molar-refractivity contribution in [2.75, 3.05) is 6.61 Å². The smallest absolute Gasteiger partial charge is 0.118 e. The zero-order chi connectivity index (χ0) is 8.27. The average Bonchev–Trinajstić information content (AvgIpc) is 1.98. The molecule has 11 heavy (non-hydrogen) atoms. The molecule has 0 atom stereocenters. The first kappa shape index (κ1) is 8.38. The Morgan fingerprint density at radius 1 is 1.36 bits per heavy atom. The van der Waals surface area contributed by atoms with E-state index in [1.165, 1.54) is 17.6 Å². The van der Waals surface area contributed by atoms with E-state index in [1.807, 2.05) is 6.92 Å². The highest BCUT2D eigenvalue weighted by atomic mass is 16.5. The number of rotatable bonds is 2. The van der Waals surface area contributed by atoms with Crippen LogP contribution in [0.25, 0.3) is 0 Å². The number of hydrogen-bond acceptors (Lipinski definition) is 1. The molecule has 1 aliphatic carbocycles. The molecule has 0 saturated carbocycles. The molecule has 1 heteroatoms. The minimum absolute atomic E-state index is 0.774. The third kappa shape index (κ3) is 2.11. The van der Waals surface area contributed by atoms with E-state index < -0.39 is 0 Å². The fourth-order valence-electron chi connectivity index (χ4n) is 1.25. The average molecular weight is 152 g/mol. The van der Waals surface area contributed by atoms with Crippen LogP contribution >= 0.6 is 0 Å². The van der Waals surface area contributed by atoms with Gasteiger partial charge in [-0.2, -0.15) is 0 Å². The second kappa shape index (κ2) is 3.61. The van der Waals surface area contributed by atoms with Crippen LogP contribution in [0.1, 0.15) is 33.6 Å². The molecule has 0 aromatic heterocycles. The lowest BCUT2D eigenvalue weighted by Crippen LogP contribution is -1.99. The van der Waals surface area contributed by atoms with Crippen molar-refractivity contribution in [1.82, 2.24) is 0 Å². The van der Waals surface area contributed by atoms with Gasteiger partial charge in [0.2, 0.25) is 0 Å². The summed E-state index contributed by atoms with van der Waals surface area (Å²) >= 11 is 0. The lowest BCUT2D eigenvalue weighted by atomic mass is 9.99. The van der Waals surface area contributed by atoms with Crippen molar-refractivity contribution >= 4 is 0 Å².